The summed E-state index contributed by atoms with van der Waals surface area (Å²) in [7, 11) is 0. The highest BCUT2D eigenvalue weighted by Gasteiger charge is 2.52. The van der Waals surface area contributed by atoms with E-state index in [1.807, 2.05) is 19.1 Å². The number of amides is 1. The number of nitrogens with one attached hydrogen (secondary N) is 2. The van der Waals surface area contributed by atoms with Crippen molar-refractivity contribution in [1.82, 2.24) is 10.3 Å². The lowest BCUT2D eigenvalue weighted by Gasteiger charge is -2.56. The van der Waals surface area contributed by atoms with Crippen LogP contribution >= 0.6 is 11.3 Å². The molecule has 0 spiro atoms. The van der Waals surface area contributed by atoms with Crippen LogP contribution in [0.1, 0.15) is 79.1 Å². The van der Waals surface area contributed by atoms with E-state index in [1.54, 1.807) is 19.3 Å². The minimum atomic E-state index is -0.448. The number of rotatable bonds is 5. The zero-order chi connectivity index (χ0) is 24.3. The van der Waals surface area contributed by atoms with Crippen molar-refractivity contribution < 1.29 is 14.3 Å². The molecule has 0 saturated heterocycles. The van der Waals surface area contributed by atoms with E-state index in [0.717, 1.165) is 53.1 Å². The van der Waals surface area contributed by atoms with Crippen LogP contribution in [-0.2, 0) is 9.53 Å². The summed E-state index contributed by atoms with van der Waals surface area (Å²) >= 11 is 1.37. The molecule has 2 aromatic heterocycles. The number of carbonyl (C=O) groups is 2. The van der Waals surface area contributed by atoms with Gasteiger partial charge in [0, 0.05) is 35.1 Å². The molecule has 1 aliphatic heterocycles. The smallest absolute Gasteiger partial charge is 0.336 e. The number of carbonyl (C=O) groups excluding carboxylic acids is 2. The van der Waals surface area contributed by atoms with Gasteiger partial charge in [-0.05, 0) is 81.8 Å². The lowest BCUT2D eigenvalue weighted by molar-refractivity contribution is -0.138. The molecule has 5 aliphatic rings. The summed E-state index contributed by atoms with van der Waals surface area (Å²) < 4.78 is 5.40. The standard InChI is InChI=1S/C27H32N4O3S/c1-3-34-26(33)19-14(2)30-25-21(20(19)18-5-4-6-29-13-18)22(28)23(35-25)24(32)31-27-10-15-7-16(11-27)9-17(8-15)12-27/h4-6,13,15-17,20,30H,3,7-12,28H2,1-2H3,(H,31,32). The topological polar surface area (TPSA) is 106 Å². The van der Waals surface area contributed by atoms with Crippen LogP contribution in [0.4, 0.5) is 10.7 Å². The van der Waals surface area contributed by atoms with Crippen molar-refractivity contribution in [1.29, 1.82) is 0 Å². The van der Waals surface area contributed by atoms with Gasteiger partial charge in [-0.15, -0.1) is 11.3 Å². The van der Waals surface area contributed by atoms with Crippen molar-refractivity contribution in [2.24, 2.45) is 17.8 Å². The third-order valence-corrected chi connectivity index (χ3v) is 9.54. The van der Waals surface area contributed by atoms with Crippen molar-refractivity contribution in [3.63, 3.8) is 0 Å². The first-order chi connectivity index (χ1) is 16.9. The van der Waals surface area contributed by atoms with Crippen molar-refractivity contribution in [3.05, 3.63) is 51.8 Å². The average Bonchev–Trinajstić information content (AvgIpc) is 3.13. The van der Waals surface area contributed by atoms with E-state index in [9.17, 15) is 9.59 Å². The zero-order valence-electron chi connectivity index (χ0n) is 20.2. The fourth-order valence-corrected chi connectivity index (χ4v) is 8.63. The number of nitrogens with two attached hydrogens (primary N) is 1. The monoisotopic (exact) mass is 492 g/mol. The van der Waals surface area contributed by atoms with Crippen molar-refractivity contribution >= 4 is 33.9 Å². The lowest BCUT2D eigenvalue weighted by atomic mass is 9.53. The third-order valence-electron chi connectivity index (χ3n) is 8.40. The van der Waals surface area contributed by atoms with Crippen LogP contribution in [0.3, 0.4) is 0 Å². The van der Waals surface area contributed by atoms with Crippen LogP contribution in [0.25, 0.3) is 0 Å². The summed E-state index contributed by atoms with van der Waals surface area (Å²) in [5, 5.41) is 7.60. The maximum Gasteiger partial charge on any atom is 0.336 e. The van der Waals surface area contributed by atoms with Crippen LogP contribution in [0, 0.1) is 17.8 Å². The van der Waals surface area contributed by atoms with Gasteiger partial charge in [-0.2, -0.15) is 0 Å². The largest absolute Gasteiger partial charge is 0.463 e. The average molecular weight is 493 g/mol. The molecule has 0 radical (unpaired) electrons. The van der Waals surface area contributed by atoms with Gasteiger partial charge in [0.15, 0.2) is 0 Å². The first-order valence-electron chi connectivity index (χ1n) is 12.7. The van der Waals surface area contributed by atoms with Crippen molar-refractivity contribution in [2.75, 3.05) is 17.7 Å². The molecule has 4 saturated carbocycles. The number of aromatic nitrogens is 1. The maximum absolute atomic E-state index is 13.7. The Labute approximate surface area is 209 Å². The van der Waals surface area contributed by atoms with Gasteiger partial charge in [-0.25, -0.2) is 4.79 Å². The molecule has 1 atom stereocenters. The number of ether oxygens (including phenoxy) is 1. The van der Waals surface area contributed by atoms with Gasteiger partial charge in [0.1, 0.15) is 4.88 Å². The van der Waals surface area contributed by atoms with Gasteiger partial charge in [0.2, 0.25) is 0 Å². The molecular weight excluding hydrogens is 460 g/mol. The molecule has 8 heteroatoms. The van der Waals surface area contributed by atoms with E-state index >= 15 is 0 Å². The fraction of sp³-hybridized carbons (Fsp3) is 0.519. The second-order valence-corrected chi connectivity index (χ2v) is 11.9. The van der Waals surface area contributed by atoms with E-state index in [0.29, 0.717) is 21.8 Å². The zero-order valence-corrected chi connectivity index (χ0v) is 21.0. The molecular formula is C27H32N4O3S. The number of hydrogen-bond donors (Lipinski definition) is 3. The van der Waals surface area contributed by atoms with Crippen LogP contribution in [0.5, 0.6) is 0 Å². The van der Waals surface area contributed by atoms with E-state index in [4.69, 9.17) is 10.5 Å². The number of pyridine rings is 1. The molecule has 184 valence electrons. The van der Waals surface area contributed by atoms with Crippen LogP contribution < -0.4 is 16.4 Å². The van der Waals surface area contributed by atoms with Crippen molar-refractivity contribution in [2.45, 2.75) is 63.8 Å². The van der Waals surface area contributed by atoms with Crippen molar-refractivity contribution in [3.8, 4) is 0 Å². The molecule has 4 aliphatic carbocycles. The SMILES string of the molecule is CCOC(=O)C1=C(C)Nc2sc(C(=O)NC34CC5CC(CC(C5)C3)C4)c(N)c2C1c1cccnc1. The van der Waals surface area contributed by atoms with E-state index in [1.165, 1.54) is 30.6 Å². The molecule has 0 aromatic carbocycles. The Balaban J connectivity index is 1.37. The number of fused-ring (bicyclic) bond motifs is 1. The number of nitrogen functional groups attached to an aromatic ring is 1. The van der Waals surface area contributed by atoms with Crippen LogP contribution in [-0.4, -0.2) is 29.0 Å². The number of esters is 1. The number of hydrogen-bond acceptors (Lipinski definition) is 7. The second-order valence-electron chi connectivity index (χ2n) is 10.8. The first-order valence-corrected chi connectivity index (χ1v) is 13.5. The minimum Gasteiger partial charge on any atom is -0.463 e. The molecule has 2 aromatic rings. The van der Waals surface area contributed by atoms with Gasteiger partial charge in [0.05, 0.1) is 22.9 Å². The Kier molecular flexibility index (Phi) is 5.40. The first kappa shape index (κ1) is 22.6. The Hall–Kier alpha value is -2.87. The Morgan fingerprint density at radius 1 is 1.23 bits per heavy atom. The Morgan fingerprint density at radius 2 is 1.91 bits per heavy atom. The molecule has 3 heterocycles. The number of allylic oxidation sites excluding steroid dienone is 1. The molecule has 35 heavy (non-hydrogen) atoms. The van der Waals surface area contributed by atoms with Crippen LogP contribution in [0.15, 0.2) is 35.8 Å². The van der Waals surface area contributed by atoms with E-state index < -0.39 is 5.92 Å². The number of anilines is 2. The number of nitrogens with zero attached hydrogens (tertiary/aromatic N) is 1. The van der Waals surface area contributed by atoms with Gasteiger partial charge < -0.3 is 21.1 Å². The highest BCUT2D eigenvalue weighted by Crippen LogP contribution is 2.56. The molecule has 7 rings (SSSR count). The Bertz CT molecular complexity index is 1180. The third kappa shape index (κ3) is 3.73. The lowest BCUT2D eigenvalue weighted by Crippen LogP contribution is -2.59. The molecule has 7 nitrogen and oxygen atoms in total. The number of thiophene rings is 1. The highest BCUT2D eigenvalue weighted by molar-refractivity contribution is 7.19. The normalized spacial score (nSPS) is 30.6. The summed E-state index contributed by atoms with van der Waals surface area (Å²) in [5.41, 5.74) is 9.87. The summed E-state index contributed by atoms with van der Waals surface area (Å²) in [4.78, 5) is 31.5. The predicted octanol–water partition coefficient (Wildman–Crippen LogP) is 4.82. The van der Waals surface area contributed by atoms with Gasteiger partial charge in [-0.1, -0.05) is 6.07 Å². The molecule has 1 amide bonds. The van der Waals surface area contributed by atoms with Crippen LogP contribution in [0.2, 0.25) is 0 Å². The van der Waals surface area contributed by atoms with E-state index in [2.05, 4.69) is 15.6 Å². The fourth-order valence-electron chi connectivity index (χ4n) is 7.52. The van der Waals surface area contributed by atoms with Gasteiger partial charge >= 0.3 is 5.97 Å². The maximum atomic E-state index is 13.7. The molecule has 4 fully saturated rings. The molecule has 1 unspecified atom stereocenters. The molecule has 4 bridgehead atoms. The summed E-state index contributed by atoms with van der Waals surface area (Å²) in [6.45, 7) is 3.93. The predicted molar refractivity (Wildman–Crippen MR) is 136 cm³/mol. The summed E-state index contributed by atoms with van der Waals surface area (Å²) in [5.74, 6) is 1.30. The minimum absolute atomic E-state index is 0.0917. The second kappa shape index (κ2) is 8.36. The quantitative estimate of drug-likeness (QED) is 0.517. The summed E-state index contributed by atoms with van der Waals surface area (Å²) in [6, 6.07) is 3.78. The Morgan fingerprint density at radius 3 is 2.51 bits per heavy atom. The highest BCUT2D eigenvalue weighted by atomic mass is 32.1. The summed E-state index contributed by atoms with van der Waals surface area (Å²) in [6.07, 6.45) is 10.7. The molecule has 4 N–H and O–H groups in total. The van der Waals surface area contributed by atoms with Gasteiger partial charge in [-0.3, -0.25) is 9.78 Å². The van der Waals surface area contributed by atoms with Gasteiger partial charge in [0.25, 0.3) is 5.91 Å². The van der Waals surface area contributed by atoms with E-state index in [-0.39, 0.29) is 24.0 Å².